The van der Waals surface area contributed by atoms with Gasteiger partial charge >= 0.3 is 0 Å². The second kappa shape index (κ2) is 8.27. The molecule has 2 aliphatic rings. The summed E-state index contributed by atoms with van der Waals surface area (Å²) >= 11 is 18.2. The van der Waals surface area contributed by atoms with Gasteiger partial charge in [0.25, 0.3) is 0 Å². The van der Waals surface area contributed by atoms with Crippen LogP contribution in [0, 0.1) is 0 Å². The normalized spacial score (nSPS) is 25.4. The Morgan fingerprint density at radius 1 is 1.00 bits per heavy atom. The molecule has 4 unspecified atom stereocenters. The van der Waals surface area contributed by atoms with Gasteiger partial charge < -0.3 is 0 Å². The van der Waals surface area contributed by atoms with Crippen molar-refractivity contribution in [3.8, 4) is 0 Å². The molecule has 2 N–H and O–H groups in total. The highest BCUT2D eigenvalue weighted by Gasteiger charge is 2.36. The van der Waals surface area contributed by atoms with Crippen LogP contribution in [0.25, 0.3) is 0 Å². The third kappa shape index (κ3) is 3.82. The molecule has 0 saturated carbocycles. The summed E-state index contributed by atoms with van der Waals surface area (Å²) in [6.07, 6.45) is 0.722. The fourth-order valence-corrected chi connectivity index (χ4v) is 5.30. The van der Waals surface area contributed by atoms with Crippen molar-refractivity contribution < 1.29 is 4.21 Å². The predicted octanol–water partition coefficient (Wildman–Crippen LogP) is 4.28. The van der Waals surface area contributed by atoms with E-state index in [-0.39, 0.29) is 17.3 Å². The van der Waals surface area contributed by atoms with Gasteiger partial charge in [-0.15, -0.1) is 10.2 Å². The molecule has 11 heteroatoms. The van der Waals surface area contributed by atoms with Crippen LogP contribution in [0.15, 0.2) is 52.7 Å². The maximum atomic E-state index is 13.1. The highest BCUT2D eigenvalue weighted by molar-refractivity contribution is 7.86. The van der Waals surface area contributed by atoms with Crippen molar-refractivity contribution in [3.05, 3.63) is 74.5 Å². The van der Waals surface area contributed by atoms with Crippen LogP contribution in [0.4, 0.5) is 0 Å². The molecule has 3 heterocycles. The van der Waals surface area contributed by atoms with E-state index in [1.807, 2.05) is 37.3 Å². The SMILES string of the molecule is CC1C(c2ccc(Cl)c(Cl)c2)=Nn2c(C3CC(c4ccc(Cl)cc4)NN3)nnc2S1=O. The maximum absolute atomic E-state index is 13.1. The smallest absolute Gasteiger partial charge is 0.243 e. The van der Waals surface area contributed by atoms with Crippen LogP contribution in [0.2, 0.25) is 15.1 Å². The van der Waals surface area contributed by atoms with Crippen LogP contribution in [0.1, 0.15) is 42.4 Å². The predicted molar refractivity (Wildman–Crippen MR) is 122 cm³/mol. The lowest BCUT2D eigenvalue weighted by Gasteiger charge is -2.21. The lowest BCUT2D eigenvalue weighted by Crippen LogP contribution is -2.32. The molecule has 1 aromatic heterocycles. The van der Waals surface area contributed by atoms with Crippen molar-refractivity contribution in [2.24, 2.45) is 5.10 Å². The summed E-state index contributed by atoms with van der Waals surface area (Å²) in [4.78, 5) is 0. The number of nitrogens with zero attached hydrogens (tertiary/aromatic N) is 4. The topological polar surface area (TPSA) is 84.2 Å². The minimum absolute atomic E-state index is 0.0711. The summed E-state index contributed by atoms with van der Waals surface area (Å²) in [6.45, 7) is 1.85. The van der Waals surface area contributed by atoms with Crippen molar-refractivity contribution in [2.75, 3.05) is 0 Å². The zero-order valence-electron chi connectivity index (χ0n) is 16.2. The molecule has 1 fully saturated rings. The average molecular weight is 496 g/mol. The molecule has 0 aliphatic carbocycles. The van der Waals surface area contributed by atoms with Gasteiger partial charge in [0.2, 0.25) is 5.16 Å². The fraction of sp³-hybridized carbons (Fsp3) is 0.250. The van der Waals surface area contributed by atoms with E-state index in [2.05, 4.69) is 21.0 Å². The van der Waals surface area contributed by atoms with Gasteiger partial charge in [-0.05, 0) is 43.2 Å². The van der Waals surface area contributed by atoms with Crippen molar-refractivity contribution in [1.29, 1.82) is 0 Å². The van der Waals surface area contributed by atoms with Gasteiger partial charge in [0.15, 0.2) is 5.82 Å². The Kier molecular flexibility index (Phi) is 5.62. The summed E-state index contributed by atoms with van der Waals surface area (Å²) in [7, 11) is -1.41. The summed E-state index contributed by atoms with van der Waals surface area (Å²) in [5.74, 6) is 0.594. The van der Waals surface area contributed by atoms with E-state index in [4.69, 9.17) is 39.9 Å². The zero-order chi connectivity index (χ0) is 21.7. The second-order valence-electron chi connectivity index (χ2n) is 7.39. The van der Waals surface area contributed by atoms with Crippen LogP contribution < -0.4 is 10.9 Å². The minimum atomic E-state index is -1.41. The van der Waals surface area contributed by atoms with Gasteiger partial charge in [-0.25, -0.2) is 10.9 Å². The molecule has 31 heavy (non-hydrogen) atoms. The highest BCUT2D eigenvalue weighted by Crippen LogP contribution is 2.33. The van der Waals surface area contributed by atoms with Crippen molar-refractivity contribution >= 4 is 51.3 Å². The second-order valence-corrected chi connectivity index (χ2v) is 10.3. The van der Waals surface area contributed by atoms with E-state index in [0.717, 1.165) is 17.5 Å². The Hall–Kier alpha value is -1.81. The summed E-state index contributed by atoms with van der Waals surface area (Å²) in [5.41, 5.74) is 9.05. The van der Waals surface area contributed by atoms with Gasteiger partial charge in [-0.2, -0.15) is 9.78 Å². The van der Waals surface area contributed by atoms with E-state index in [1.165, 1.54) is 0 Å². The number of hydrogen-bond acceptors (Lipinski definition) is 6. The van der Waals surface area contributed by atoms with E-state index < -0.39 is 10.8 Å². The Labute approximate surface area is 196 Å². The minimum Gasteiger partial charge on any atom is -0.250 e. The van der Waals surface area contributed by atoms with Gasteiger partial charge in [0.1, 0.15) is 10.8 Å². The molecular weight excluding hydrogens is 479 g/mol. The molecule has 3 aromatic rings. The molecule has 0 amide bonds. The lowest BCUT2D eigenvalue weighted by molar-refractivity contribution is 0.519. The Bertz CT molecular complexity index is 1210. The number of hydrazine groups is 1. The van der Waals surface area contributed by atoms with E-state index >= 15 is 0 Å². The molecule has 7 nitrogen and oxygen atoms in total. The maximum Gasteiger partial charge on any atom is 0.243 e. The van der Waals surface area contributed by atoms with Gasteiger partial charge in [0.05, 0.1) is 27.0 Å². The number of aromatic nitrogens is 3. The van der Waals surface area contributed by atoms with Crippen LogP contribution in [-0.4, -0.2) is 30.0 Å². The molecule has 2 aliphatic heterocycles. The first kappa shape index (κ1) is 21.1. The third-order valence-corrected chi connectivity index (χ3v) is 7.90. The van der Waals surface area contributed by atoms with Gasteiger partial charge in [0, 0.05) is 16.6 Å². The highest BCUT2D eigenvalue weighted by atomic mass is 35.5. The monoisotopic (exact) mass is 494 g/mol. The molecular formula is C20H17Cl3N6OS. The Balaban J connectivity index is 1.49. The van der Waals surface area contributed by atoms with Crippen molar-refractivity contribution in [2.45, 2.75) is 35.8 Å². The van der Waals surface area contributed by atoms with Crippen LogP contribution >= 0.6 is 34.8 Å². The van der Waals surface area contributed by atoms with Crippen LogP contribution in [-0.2, 0) is 10.8 Å². The lowest BCUT2D eigenvalue weighted by atomic mass is 10.0. The molecule has 0 spiro atoms. The van der Waals surface area contributed by atoms with E-state index in [0.29, 0.717) is 31.8 Å². The standard InChI is InChI=1S/C20H17Cl3N6OS/c1-10-18(12-4-7-14(22)15(23)8-12)28-29-19(26-27-20(29)31(10)30)17-9-16(24-25-17)11-2-5-13(21)6-3-11/h2-8,10,16-17,24-25H,9H2,1H3. The van der Waals surface area contributed by atoms with Gasteiger partial charge in [-0.3, -0.25) is 4.21 Å². The number of rotatable bonds is 3. The van der Waals surface area contributed by atoms with Gasteiger partial charge in [-0.1, -0.05) is 53.0 Å². The van der Waals surface area contributed by atoms with E-state index in [9.17, 15) is 4.21 Å². The first-order valence-corrected chi connectivity index (χ1v) is 11.9. The molecule has 2 aromatic carbocycles. The molecule has 0 bridgehead atoms. The fourth-order valence-electron chi connectivity index (χ4n) is 3.75. The zero-order valence-corrected chi connectivity index (χ0v) is 19.3. The third-order valence-electron chi connectivity index (χ3n) is 5.43. The number of fused-ring (bicyclic) bond motifs is 1. The molecule has 0 radical (unpaired) electrons. The summed E-state index contributed by atoms with van der Waals surface area (Å²) < 4.78 is 14.7. The van der Waals surface area contributed by atoms with Crippen molar-refractivity contribution in [1.82, 2.24) is 25.7 Å². The molecule has 5 rings (SSSR count). The average Bonchev–Trinajstić information content (AvgIpc) is 3.40. The van der Waals surface area contributed by atoms with E-state index in [1.54, 1.807) is 16.8 Å². The summed E-state index contributed by atoms with van der Waals surface area (Å²) in [6, 6.07) is 12.9. The van der Waals surface area contributed by atoms with Crippen molar-refractivity contribution in [3.63, 3.8) is 0 Å². The largest absolute Gasteiger partial charge is 0.250 e. The first-order chi connectivity index (χ1) is 14.9. The quantitative estimate of drug-likeness (QED) is 0.566. The summed E-state index contributed by atoms with van der Waals surface area (Å²) in [5, 5.41) is 14.8. The molecule has 1 saturated heterocycles. The Morgan fingerprint density at radius 3 is 2.48 bits per heavy atom. The first-order valence-electron chi connectivity index (χ1n) is 9.59. The molecule has 160 valence electrons. The van der Waals surface area contributed by atoms with Crippen LogP contribution in [0.5, 0.6) is 0 Å². The molecule has 4 atom stereocenters. The number of nitrogens with one attached hydrogen (secondary N) is 2. The number of benzene rings is 2. The Morgan fingerprint density at radius 2 is 1.74 bits per heavy atom. The number of hydrogen-bond donors (Lipinski definition) is 2. The number of halogens is 3. The van der Waals surface area contributed by atoms with Crippen LogP contribution in [0.3, 0.4) is 0 Å².